The van der Waals surface area contributed by atoms with Gasteiger partial charge in [0.1, 0.15) is 18.0 Å². The Kier molecular flexibility index (Phi) is 7.60. The smallest absolute Gasteiger partial charge is 0.255 e. The highest BCUT2D eigenvalue weighted by Crippen LogP contribution is 2.31. The number of carbonyl (C=O) groups excluding carboxylic acids is 1. The van der Waals surface area contributed by atoms with Crippen molar-refractivity contribution in [3.05, 3.63) is 58.1 Å². The molecule has 2 saturated heterocycles. The molecule has 0 radical (unpaired) electrons. The van der Waals surface area contributed by atoms with E-state index in [1.807, 2.05) is 36.1 Å². The van der Waals surface area contributed by atoms with Gasteiger partial charge in [0.05, 0.1) is 33.2 Å². The number of piperidine rings is 2. The first-order valence-corrected chi connectivity index (χ1v) is 14.6. The molecule has 0 bridgehead atoms. The molecule has 4 aromatic rings. The molecule has 0 spiro atoms. The van der Waals surface area contributed by atoms with Crippen LogP contribution in [0.25, 0.3) is 21.9 Å². The Hall–Kier alpha value is -2.94. The molecule has 0 saturated carbocycles. The van der Waals surface area contributed by atoms with E-state index in [9.17, 15) is 4.79 Å². The van der Waals surface area contributed by atoms with E-state index < -0.39 is 0 Å². The average molecular weight is 567 g/mol. The summed E-state index contributed by atoms with van der Waals surface area (Å²) < 4.78 is 0. The van der Waals surface area contributed by atoms with Gasteiger partial charge in [-0.15, -0.1) is 0 Å². The zero-order valence-electron chi connectivity index (χ0n) is 22.1. The number of amides is 1. The summed E-state index contributed by atoms with van der Waals surface area (Å²) >= 11 is 12.9. The fraction of sp³-hybridized carbons (Fsp3) is 0.448. The van der Waals surface area contributed by atoms with Crippen LogP contribution in [-0.4, -0.2) is 67.9 Å². The number of likely N-dealkylation sites (tertiary alicyclic amines) is 2. The van der Waals surface area contributed by atoms with E-state index in [1.54, 1.807) is 6.07 Å². The Morgan fingerprint density at radius 2 is 1.87 bits per heavy atom. The van der Waals surface area contributed by atoms with Gasteiger partial charge in [-0.25, -0.2) is 15.0 Å². The molecule has 6 rings (SSSR count). The van der Waals surface area contributed by atoms with Gasteiger partial charge in [0, 0.05) is 29.5 Å². The maximum atomic E-state index is 13.8. The molecule has 204 valence electrons. The SMILES string of the molecule is C[C@@H](Nc1ncnc2cc(C(=O)N3CCCCC3CN3CCCCC3)c(Cl)cc12)c1nc2ccc(Cl)cc2[nH]1. The molecule has 8 nitrogen and oxygen atoms in total. The highest BCUT2D eigenvalue weighted by atomic mass is 35.5. The first-order valence-electron chi connectivity index (χ1n) is 13.9. The van der Waals surface area contributed by atoms with E-state index >= 15 is 0 Å². The number of halogens is 2. The van der Waals surface area contributed by atoms with Crippen molar-refractivity contribution in [1.29, 1.82) is 0 Å². The van der Waals surface area contributed by atoms with Crippen molar-refractivity contribution < 1.29 is 4.79 Å². The molecule has 4 heterocycles. The number of hydrogen-bond acceptors (Lipinski definition) is 6. The van der Waals surface area contributed by atoms with E-state index in [-0.39, 0.29) is 18.0 Å². The van der Waals surface area contributed by atoms with Crippen LogP contribution < -0.4 is 5.32 Å². The molecular formula is C29H33Cl2N7O. The highest BCUT2D eigenvalue weighted by molar-refractivity contribution is 6.35. The lowest BCUT2D eigenvalue weighted by Crippen LogP contribution is -2.50. The molecule has 1 unspecified atom stereocenters. The summed E-state index contributed by atoms with van der Waals surface area (Å²) in [5.74, 6) is 1.39. The topological polar surface area (TPSA) is 90.0 Å². The molecule has 2 aliphatic rings. The molecule has 2 N–H and O–H groups in total. The van der Waals surface area contributed by atoms with Gasteiger partial charge in [-0.3, -0.25) is 4.79 Å². The number of anilines is 1. The van der Waals surface area contributed by atoms with Crippen LogP contribution in [0.1, 0.15) is 67.7 Å². The van der Waals surface area contributed by atoms with Crippen LogP contribution in [0.5, 0.6) is 0 Å². The predicted molar refractivity (Wildman–Crippen MR) is 157 cm³/mol. The second-order valence-corrected chi connectivity index (χ2v) is 11.6. The number of rotatable bonds is 6. The zero-order valence-corrected chi connectivity index (χ0v) is 23.6. The first-order chi connectivity index (χ1) is 19.0. The Bertz CT molecular complexity index is 1500. The molecule has 2 aromatic carbocycles. The summed E-state index contributed by atoms with van der Waals surface area (Å²) in [5, 5.41) is 5.26. The summed E-state index contributed by atoms with van der Waals surface area (Å²) in [6.45, 7) is 5.97. The Balaban J connectivity index is 1.24. The molecule has 2 aromatic heterocycles. The lowest BCUT2D eigenvalue weighted by atomic mass is 9.99. The molecule has 1 amide bonds. The van der Waals surface area contributed by atoms with Crippen molar-refractivity contribution >= 4 is 56.9 Å². The van der Waals surface area contributed by atoms with E-state index in [0.717, 1.165) is 67.7 Å². The number of hydrogen-bond donors (Lipinski definition) is 2. The van der Waals surface area contributed by atoms with Gasteiger partial charge in [0.2, 0.25) is 0 Å². The summed E-state index contributed by atoms with van der Waals surface area (Å²) in [6, 6.07) is 9.25. The molecule has 2 fully saturated rings. The molecule has 2 atom stereocenters. The van der Waals surface area contributed by atoms with Crippen molar-refractivity contribution in [1.82, 2.24) is 29.7 Å². The highest BCUT2D eigenvalue weighted by Gasteiger charge is 2.31. The second kappa shape index (κ2) is 11.3. The van der Waals surface area contributed by atoms with Gasteiger partial charge in [-0.2, -0.15) is 0 Å². The third-order valence-corrected chi connectivity index (χ3v) is 8.53. The van der Waals surface area contributed by atoms with Crippen molar-refractivity contribution in [2.75, 3.05) is 31.5 Å². The quantitative estimate of drug-likeness (QED) is 0.278. The average Bonchev–Trinajstić information content (AvgIpc) is 3.37. The number of H-pyrrole nitrogens is 1. The van der Waals surface area contributed by atoms with Gasteiger partial charge < -0.3 is 20.1 Å². The fourth-order valence-corrected chi connectivity index (χ4v) is 6.30. The Morgan fingerprint density at radius 1 is 1.05 bits per heavy atom. The number of aromatic amines is 1. The molecule has 10 heteroatoms. The van der Waals surface area contributed by atoms with Crippen LogP contribution in [0.4, 0.5) is 5.82 Å². The van der Waals surface area contributed by atoms with Crippen LogP contribution in [-0.2, 0) is 0 Å². The second-order valence-electron chi connectivity index (χ2n) is 10.7. The molecule has 2 aliphatic heterocycles. The normalized spacial score (nSPS) is 19.5. The Morgan fingerprint density at radius 3 is 2.72 bits per heavy atom. The van der Waals surface area contributed by atoms with E-state index in [4.69, 9.17) is 23.2 Å². The maximum absolute atomic E-state index is 13.8. The molecule has 0 aliphatic carbocycles. The van der Waals surface area contributed by atoms with Crippen molar-refractivity contribution in [2.45, 2.75) is 57.5 Å². The van der Waals surface area contributed by atoms with Gasteiger partial charge in [0.25, 0.3) is 5.91 Å². The van der Waals surface area contributed by atoms with Crippen LogP contribution in [0.3, 0.4) is 0 Å². The minimum absolute atomic E-state index is 0.00830. The van der Waals surface area contributed by atoms with E-state index in [0.29, 0.717) is 26.9 Å². The minimum atomic E-state index is -0.168. The standard InChI is InChI=1S/C29H33Cl2N7O/c1-18(27-35-24-9-8-19(30)13-26(24)36-27)34-28-22-14-23(31)21(15-25(22)32-17-33-28)29(39)38-12-6-3-7-20(38)16-37-10-4-2-5-11-37/h8-9,13-15,17-18,20H,2-7,10-12,16H2,1H3,(H,35,36)(H,32,33,34)/t18-,20?/m1/s1. The van der Waals surface area contributed by atoms with Gasteiger partial charge in [-0.05, 0) is 82.4 Å². The largest absolute Gasteiger partial charge is 0.360 e. The number of carbonyl (C=O) groups is 1. The van der Waals surface area contributed by atoms with Crippen LogP contribution in [0.15, 0.2) is 36.7 Å². The van der Waals surface area contributed by atoms with E-state index in [2.05, 4.69) is 30.2 Å². The number of benzene rings is 2. The monoisotopic (exact) mass is 565 g/mol. The van der Waals surface area contributed by atoms with E-state index in [1.165, 1.54) is 25.6 Å². The summed E-state index contributed by atoms with van der Waals surface area (Å²) in [6.07, 6.45) is 8.53. The fourth-order valence-electron chi connectivity index (χ4n) is 5.89. The van der Waals surface area contributed by atoms with Crippen molar-refractivity contribution in [3.63, 3.8) is 0 Å². The lowest BCUT2D eigenvalue weighted by Gasteiger charge is -2.40. The lowest BCUT2D eigenvalue weighted by molar-refractivity contribution is 0.0529. The van der Waals surface area contributed by atoms with Gasteiger partial charge >= 0.3 is 0 Å². The van der Waals surface area contributed by atoms with Gasteiger partial charge in [-0.1, -0.05) is 29.6 Å². The van der Waals surface area contributed by atoms with Crippen LogP contribution >= 0.6 is 23.2 Å². The molecule has 39 heavy (non-hydrogen) atoms. The number of fused-ring (bicyclic) bond motifs is 2. The minimum Gasteiger partial charge on any atom is -0.360 e. The van der Waals surface area contributed by atoms with Gasteiger partial charge in [0.15, 0.2) is 0 Å². The molecular weight excluding hydrogens is 533 g/mol. The van der Waals surface area contributed by atoms with Crippen molar-refractivity contribution in [3.8, 4) is 0 Å². The number of nitrogens with zero attached hydrogens (tertiary/aromatic N) is 5. The number of imidazole rings is 1. The number of aromatic nitrogens is 4. The summed E-state index contributed by atoms with van der Waals surface area (Å²) in [7, 11) is 0. The predicted octanol–water partition coefficient (Wildman–Crippen LogP) is 6.47. The first kappa shape index (κ1) is 26.3. The summed E-state index contributed by atoms with van der Waals surface area (Å²) in [4.78, 5) is 35.4. The maximum Gasteiger partial charge on any atom is 0.255 e. The summed E-state index contributed by atoms with van der Waals surface area (Å²) in [5.41, 5.74) is 2.90. The van der Waals surface area contributed by atoms with Crippen LogP contribution in [0, 0.1) is 0 Å². The van der Waals surface area contributed by atoms with Crippen molar-refractivity contribution in [2.24, 2.45) is 0 Å². The zero-order chi connectivity index (χ0) is 26.9. The van der Waals surface area contributed by atoms with Crippen LogP contribution in [0.2, 0.25) is 10.0 Å². The Labute approximate surface area is 238 Å². The third-order valence-electron chi connectivity index (χ3n) is 7.99. The third kappa shape index (κ3) is 5.55. The number of nitrogens with one attached hydrogen (secondary N) is 2.